The van der Waals surface area contributed by atoms with E-state index in [9.17, 15) is 4.79 Å². The third-order valence-corrected chi connectivity index (χ3v) is 5.88. The topological polar surface area (TPSA) is 54.7 Å². The summed E-state index contributed by atoms with van der Waals surface area (Å²) < 4.78 is 11.7. The molecule has 5 nitrogen and oxygen atoms in total. The summed E-state index contributed by atoms with van der Waals surface area (Å²) in [6.07, 6.45) is 2.15. The normalized spacial score (nSPS) is 22.4. The monoisotopic (exact) mass is 368 g/mol. The average Bonchev–Trinajstić information content (AvgIpc) is 3.26. The number of fused-ring (bicyclic) bond motifs is 1. The Labute approximate surface area is 160 Å². The highest BCUT2D eigenvalue weighted by Crippen LogP contribution is 2.28. The molecule has 2 aliphatic heterocycles. The zero-order chi connectivity index (χ0) is 18.8. The maximum absolute atomic E-state index is 12.8. The predicted molar refractivity (Wildman–Crippen MR) is 104 cm³/mol. The highest BCUT2D eigenvalue weighted by atomic mass is 16.5. The van der Waals surface area contributed by atoms with E-state index in [-0.39, 0.29) is 5.91 Å². The van der Waals surface area contributed by atoms with Crippen molar-refractivity contribution in [3.63, 3.8) is 0 Å². The number of carbonyl (C=O) groups excluding carboxylic acids is 1. The van der Waals surface area contributed by atoms with Crippen molar-refractivity contribution in [2.75, 3.05) is 26.2 Å². The second kappa shape index (κ2) is 7.77. The van der Waals surface area contributed by atoms with Gasteiger partial charge in [-0.15, -0.1) is 0 Å². The number of ether oxygens (including phenoxy) is 1. The number of aryl methyl sites for hydroxylation is 2. The van der Waals surface area contributed by atoms with Crippen LogP contribution < -0.4 is 10.1 Å². The summed E-state index contributed by atoms with van der Waals surface area (Å²) in [5.41, 5.74) is 2.31. The first kappa shape index (κ1) is 18.1. The van der Waals surface area contributed by atoms with Crippen molar-refractivity contribution in [2.45, 2.75) is 33.3 Å². The van der Waals surface area contributed by atoms with Crippen LogP contribution in [0.2, 0.25) is 0 Å². The molecular weight excluding hydrogens is 340 g/mol. The first-order valence-electron chi connectivity index (χ1n) is 9.89. The number of amides is 1. The Morgan fingerprint density at radius 2 is 1.89 bits per heavy atom. The molecule has 2 saturated heterocycles. The summed E-state index contributed by atoms with van der Waals surface area (Å²) >= 11 is 0. The predicted octanol–water partition coefficient (Wildman–Crippen LogP) is 3.55. The van der Waals surface area contributed by atoms with Gasteiger partial charge in [-0.25, -0.2) is 0 Å². The molecule has 2 aromatic rings. The van der Waals surface area contributed by atoms with E-state index in [1.54, 1.807) is 6.07 Å². The molecule has 2 atom stereocenters. The van der Waals surface area contributed by atoms with Gasteiger partial charge in [0.05, 0.1) is 0 Å². The molecule has 0 saturated carbocycles. The Balaban J connectivity index is 1.36. The maximum Gasteiger partial charge on any atom is 0.289 e. The molecule has 4 rings (SSSR count). The van der Waals surface area contributed by atoms with E-state index in [2.05, 4.69) is 18.3 Å². The van der Waals surface area contributed by atoms with Crippen molar-refractivity contribution in [3.05, 3.63) is 53.0 Å². The summed E-state index contributed by atoms with van der Waals surface area (Å²) in [7, 11) is 0. The molecule has 1 amide bonds. The van der Waals surface area contributed by atoms with Gasteiger partial charge in [-0.2, -0.15) is 0 Å². The van der Waals surface area contributed by atoms with Crippen LogP contribution in [0.5, 0.6) is 5.75 Å². The molecule has 1 N–H and O–H groups in total. The highest BCUT2D eigenvalue weighted by Gasteiger charge is 2.32. The zero-order valence-electron chi connectivity index (χ0n) is 16.2. The number of furan rings is 1. The van der Waals surface area contributed by atoms with Gasteiger partial charge in [0.2, 0.25) is 0 Å². The van der Waals surface area contributed by atoms with Crippen molar-refractivity contribution >= 4 is 5.91 Å². The van der Waals surface area contributed by atoms with E-state index in [1.165, 1.54) is 5.56 Å². The Kier molecular flexibility index (Phi) is 5.21. The van der Waals surface area contributed by atoms with Crippen LogP contribution in [-0.4, -0.2) is 37.0 Å². The van der Waals surface area contributed by atoms with Crippen LogP contribution in [0, 0.1) is 25.7 Å². The van der Waals surface area contributed by atoms with Crippen LogP contribution in [0.25, 0.3) is 0 Å². The molecule has 5 heteroatoms. The van der Waals surface area contributed by atoms with Crippen molar-refractivity contribution < 1.29 is 13.9 Å². The second-order valence-electron chi connectivity index (χ2n) is 7.87. The van der Waals surface area contributed by atoms with E-state index >= 15 is 0 Å². The van der Waals surface area contributed by atoms with Gasteiger partial charge in [-0.05, 0) is 75.4 Å². The van der Waals surface area contributed by atoms with Crippen LogP contribution in [0.15, 0.2) is 34.7 Å². The number of likely N-dealkylation sites (tertiary alicyclic amines) is 1. The van der Waals surface area contributed by atoms with E-state index < -0.39 is 0 Å². The number of rotatable bonds is 4. The second-order valence-corrected chi connectivity index (χ2v) is 7.87. The lowest BCUT2D eigenvalue weighted by Gasteiger charge is -2.19. The largest absolute Gasteiger partial charge is 0.485 e. The fourth-order valence-electron chi connectivity index (χ4n) is 4.26. The SMILES string of the molecule is Cc1ccc(OCc2ccc(C(=O)N3CC[C@@H]4CNC[C@@H]4CC3)o2)c(C)c1. The lowest BCUT2D eigenvalue weighted by atomic mass is 9.92. The number of benzene rings is 1. The van der Waals surface area contributed by atoms with E-state index in [4.69, 9.17) is 9.15 Å². The first-order valence-corrected chi connectivity index (χ1v) is 9.89. The maximum atomic E-state index is 12.8. The summed E-state index contributed by atoms with van der Waals surface area (Å²) in [5.74, 6) is 3.36. The van der Waals surface area contributed by atoms with Gasteiger partial charge in [-0.1, -0.05) is 17.7 Å². The molecule has 0 radical (unpaired) electrons. The fourth-order valence-corrected chi connectivity index (χ4v) is 4.26. The average molecular weight is 368 g/mol. The minimum atomic E-state index is 0.000647. The minimum absolute atomic E-state index is 0.000647. The number of hydrogen-bond acceptors (Lipinski definition) is 4. The van der Waals surface area contributed by atoms with Gasteiger partial charge < -0.3 is 19.4 Å². The molecular formula is C22H28N2O3. The number of nitrogens with one attached hydrogen (secondary N) is 1. The fraction of sp³-hybridized carbons (Fsp3) is 0.500. The summed E-state index contributed by atoms with van der Waals surface area (Å²) in [5, 5.41) is 3.47. The summed E-state index contributed by atoms with van der Waals surface area (Å²) in [6.45, 7) is 8.23. The molecule has 0 spiro atoms. The molecule has 1 aromatic carbocycles. The Morgan fingerprint density at radius 1 is 1.15 bits per heavy atom. The molecule has 2 fully saturated rings. The van der Waals surface area contributed by atoms with Gasteiger partial charge in [0.1, 0.15) is 18.1 Å². The standard InChI is InChI=1S/C22H28N2O3/c1-15-3-5-20(16(2)11-15)26-14-19-4-6-21(27-19)22(25)24-9-7-17-12-23-13-18(17)8-10-24/h3-6,11,17-18,23H,7-10,12-14H2,1-2H3/t17-,18+. The number of carbonyl (C=O) groups is 1. The van der Waals surface area contributed by atoms with Gasteiger partial charge in [-0.3, -0.25) is 4.79 Å². The Morgan fingerprint density at radius 3 is 2.59 bits per heavy atom. The zero-order valence-corrected chi connectivity index (χ0v) is 16.2. The third-order valence-electron chi connectivity index (χ3n) is 5.88. The van der Waals surface area contributed by atoms with Crippen LogP contribution in [0.3, 0.4) is 0 Å². The van der Waals surface area contributed by atoms with Gasteiger partial charge >= 0.3 is 0 Å². The van der Waals surface area contributed by atoms with Crippen molar-refractivity contribution in [3.8, 4) is 5.75 Å². The molecule has 3 heterocycles. The van der Waals surface area contributed by atoms with E-state index in [1.807, 2.05) is 30.0 Å². The molecule has 0 unspecified atom stereocenters. The lowest BCUT2D eigenvalue weighted by Crippen LogP contribution is -2.32. The Hall–Kier alpha value is -2.27. The smallest absolute Gasteiger partial charge is 0.289 e. The molecule has 1 aromatic heterocycles. The molecule has 2 aliphatic rings. The van der Waals surface area contributed by atoms with Crippen LogP contribution in [-0.2, 0) is 6.61 Å². The quantitative estimate of drug-likeness (QED) is 0.897. The molecule has 0 aliphatic carbocycles. The van der Waals surface area contributed by atoms with E-state index in [0.29, 0.717) is 30.0 Å². The third kappa shape index (κ3) is 4.03. The molecule has 0 bridgehead atoms. The minimum Gasteiger partial charge on any atom is -0.485 e. The summed E-state index contributed by atoms with van der Waals surface area (Å²) in [6, 6.07) is 9.71. The first-order chi connectivity index (χ1) is 13.1. The van der Waals surface area contributed by atoms with Crippen molar-refractivity contribution in [1.82, 2.24) is 10.2 Å². The van der Waals surface area contributed by atoms with Gasteiger partial charge in [0.25, 0.3) is 5.91 Å². The summed E-state index contributed by atoms with van der Waals surface area (Å²) in [4.78, 5) is 14.8. The number of hydrogen-bond donors (Lipinski definition) is 1. The van der Waals surface area contributed by atoms with Crippen molar-refractivity contribution in [2.24, 2.45) is 11.8 Å². The van der Waals surface area contributed by atoms with Crippen LogP contribution >= 0.6 is 0 Å². The lowest BCUT2D eigenvalue weighted by molar-refractivity contribution is 0.0722. The molecule has 144 valence electrons. The number of nitrogens with zero attached hydrogens (tertiary/aromatic N) is 1. The highest BCUT2D eigenvalue weighted by molar-refractivity contribution is 5.91. The van der Waals surface area contributed by atoms with Gasteiger partial charge in [0, 0.05) is 13.1 Å². The van der Waals surface area contributed by atoms with Gasteiger partial charge in [0.15, 0.2) is 5.76 Å². The van der Waals surface area contributed by atoms with Crippen molar-refractivity contribution in [1.29, 1.82) is 0 Å². The van der Waals surface area contributed by atoms with E-state index in [0.717, 1.165) is 50.3 Å². The molecule has 27 heavy (non-hydrogen) atoms. The van der Waals surface area contributed by atoms with Crippen LogP contribution in [0.4, 0.5) is 0 Å². The Bertz CT molecular complexity index is 800. The van der Waals surface area contributed by atoms with Crippen LogP contribution in [0.1, 0.15) is 40.3 Å².